The molecule has 0 saturated heterocycles. The first-order chi connectivity index (χ1) is 11.9. The van der Waals surface area contributed by atoms with Gasteiger partial charge in [-0.2, -0.15) is 43.5 Å². The van der Waals surface area contributed by atoms with Crippen molar-refractivity contribution in [1.82, 2.24) is 0 Å². The Labute approximate surface area is 171 Å². The summed E-state index contributed by atoms with van der Waals surface area (Å²) in [6.07, 6.45) is -10.2. The van der Waals surface area contributed by atoms with Crippen LogP contribution in [0.25, 0.3) is 0 Å². The van der Waals surface area contributed by atoms with Gasteiger partial charge < -0.3 is 0 Å². The second-order valence-corrected chi connectivity index (χ2v) is 9.46. The number of ether oxygens (including phenoxy) is 1. The molecule has 0 fully saturated rings. The van der Waals surface area contributed by atoms with Crippen LogP contribution >= 0.6 is 46.1 Å². The third kappa shape index (κ3) is 7.04. The highest BCUT2D eigenvalue weighted by Crippen LogP contribution is 2.49. The maximum Gasteiger partial charge on any atom is 0.455 e. The molecule has 0 atom stereocenters. The Bertz CT molecular complexity index is 665. The van der Waals surface area contributed by atoms with Crippen molar-refractivity contribution in [3.63, 3.8) is 0 Å². The van der Waals surface area contributed by atoms with Gasteiger partial charge in [-0.25, -0.2) is 4.74 Å². The molecule has 0 spiro atoms. The monoisotopic (exact) mass is 579 g/mol. The van der Waals surface area contributed by atoms with E-state index in [-0.39, 0.29) is 34.1 Å². The van der Waals surface area contributed by atoms with Crippen LogP contribution in [0.5, 0.6) is 0 Å². The smallest absolute Gasteiger partial charge is 0.244 e. The lowest BCUT2D eigenvalue weighted by molar-refractivity contribution is -0.438. The van der Waals surface area contributed by atoms with E-state index in [9.17, 15) is 43.5 Å². The fourth-order valence-corrected chi connectivity index (χ4v) is 3.97. The van der Waals surface area contributed by atoms with Gasteiger partial charge in [0.15, 0.2) is 0 Å². The number of hydrogen-bond donors (Lipinski definition) is 0. The van der Waals surface area contributed by atoms with E-state index >= 15 is 0 Å². The maximum absolute atomic E-state index is 13.7. The highest BCUT2D eigenvalue weighted by atomic mass is 127. The molecule has 16 heteroatoms. The number of halogens is 9. The predicted molar refractivity (Wildman–Crippen MR) is 96.6 cm³/mol. The van der Waals surface area contributed by atoms with Gasteiger partial charge in [0, 0.05) is 34.1 Å². The van der Waals surface area contributed by atoms with Crippen molar-refractivity contribution in [1.29, 1.82) is 0 Å². The van der Waals surface area contributed by atoms with Gasteiger partial charge in [0.05, 0.1) is 0 Å². The summed E-state index contributed by atoms with van der Waals surface area (Å²) in [5, 5.41) is -6.37. The van der Waals surface area contributed by atoms with Crippen LogP contribution in [-0.2, 0) is 14.8 Å². The number of sulfonamides is 1. The molecule has 27 heavy (non-hydrogen) atoms. The molecule has 0 radical (unpaired) electrons. The van der Waals surface area contributed by atoms with Crippen LogP contribution in [0.2, 0.25) is 0 Å². The molecule has 0 heterocycles. The first kappa shape index (κ1) is 26.9. The van der Waals surface area contributed by atoms with E-state index in [2.05, 4.69) is 22.3 Å². The van der Waals surface area contributed by atoms with E-state index in [0.29, 0.717) is 23.5 Å². The Morgan fingerprint density at radius 1 is 0.963 bits per heavy atom. The van der Waals surface area contributed by atoms with E-state index in [0.717, 1.165) is 0 Å². The van der Waals surface area contributed by atoms with Crippen LogP contribution in [0.3, 0.4) is 0 Å². The number of rotatable bonds is 10. The molecule has 0 aromatic carbocycles. The minimum atomic E-state index is -6.52. The summed E-state index contributed by atoms with van der Waals surface area (Å²) in [4.78, 5) is 0. The molecule has 0 aromatic rings. The van der Waals surface area contributed by atoms with Crippen molar-refractivity contribution in [3.05, 3.63) is 25.3 Å². The Kier molecular flexibility index (Phi) is 9.59. The third-order valence-electron chi connectivity index (χ3n) is 2.09. The maximum atomic E-state index is 13.7. The Balaban J connectivity index is 5.93. The highest BCUT2D eigenvalue weighted by Gasteiger charge is 2.73. The van der Waals surface area contributed by atoms with Crippen LogP contribution < -0.4 is 0 Å². The first-order valence-corrected chi connectivity index (χ1v) is 10.7. The molecule has 158 valence electrons. The Hall–Kier alpha value is -0.0700. The summed E-state index contributed by atoms with van der Waals surface area (Å²) in [7, 11) is -6.51. The van der Waals surface area contributed by atoms with E-state index in [1.165, 1.54) is 12.2 Å². The summed E-state index contributed by atoms with van der Waals surface area (Å²) in [5.41, 5.74) is 0. The molecule has 0 bridgehead atoms. The van der Waals surface area contributed by atoms with Crippen molar-refractivity contribution in [3.8, 4) is 0 Å². The van der Waals surface area contributed by atoms with Gasteiger partial charge in [-0.1, -0.05) is 35.7 Å². The molecule has 0 aliphatic rings. The topological polar surface area (TPSA) is 55.7 Å². The molecule has 4 nitrogen and oxygen atoms in total. The highest BCUT2D eigenvalue weighted by molar-refractivity contribution is 14.1. The standard InChI is InChI=1S/C11H10F8INO3S3/c1-3-5-25-7(26-6-4-2)21-27(22,23)11(18,19)10(16,17)24-9(14,15)8(12,13)20/h3-4H,1-2,5-6H2. The zero-order valence-electron chi connectivity index (χ0n) is 12.8. The van der Waals surface area contributed by atoms with Gasteiger partial charge in [0.25, 0.3) is 0 Å². The van der Waals surface area contributed by atoms with Crippen LogP contribution in [0.4, 0.5) is 35.1 Å². The van der Waals surface area contributed by atoms with Crippen molar-refractivity contribution >= 4 is 60.5 Å². The predicted octanol–water partition coefficient (Wildman–Crippen LogP) is 5.33. The second-order valence-electron chi connectivity index (χ2n) is 4.18. The second kappa shape index (κ2) is 9.62. The summed E-state index contributed by atoms with van der Waals surface area (Å²) >= 11 is 0.694. The Morgan fingerprint density at radius 2 is 1.37 bits per heavy atom. The summed E-state index contributed by atoms with van der Waals surface area (Å²) < 4.78 is 127. The fourth-order valence-electron chi connectivity index (χ4n) is 0.939. The van der Waals surface area contributed by atoms with Crippen LogP contribution in [0.1, 0.15) is 0 Å². The van der Waals surface area contributed by atoms with Crippen molar-refractivity contribution in [2.24, 2.45) is 4.40 Å². The van der Waals surface area contributed by atoms with Crippen LogP contribution in [-0.4, -0.2) is 45.7 Å². The van der Waals surface area contributed by atoms with E-state index < -0.39 is 35.8 Å². The molecular formula is C11H10F8INO3S3. The molecule has 0 amide bonds. The minimum absolute atomic E-state index is 0.0594. The Morgan fingerprint density at radius 3 is 1.70 bits per heavy atom. The lowest BCUT2D eigenvalue weighted by Gasteiger charge is -2.29. The van der Waals surface area contributed by atoms with Gasteiger partial charge in [-0.3, -0.25) is 0 Å². The zero-order valence-corrected chi connectivity index (χ0v) is 17.4. The van der Waals surface area contributed by atoms with E-state index in [4.69, 9.17) is 0 Å². The van der Waals surface area contributed by atoms with E-state index in [1.54, 1.807) is 0 Å². The number of nitrogens with zero attached hydrogens (tertiary/aromatic N) is 1. The van der Waals surface area contributed by atoms with Gasteiger partial charge in [-0.05, 0) is 0 Å². The number of alkyl halides is 9. The SMILES string of the molecule is C=CCSC(=NS(=O)(=O)C(F)(F)C(F)(F)OC(F)(F)C(F)(F)I)SCC=C. The van der Waals surface area contributed by atoms with Crippen molar-refractivity contribution < 1.29 is 48.3 Å². The molecule has 0 unspecified atom stereocenters. The molecular weight excluding hydrogens is 569 g/mol. The van der Waals surface area contributed by atoms with Gasteiger partial charge >= 0.3 is 31.4 Å². The molecule has 0 aromatic heterocycles. The normalized spacial score (nSPS) is 14.0. The summed E-state index contributed by atoms with van der Waals surface area (Å²) in [6.45, 7) is 6.53. The van der Waals surface area contributed by atoms with Crippen LogP contribution in [0.15, 0.2) is 29.7 Å². The fraction of sp³-hybridized carbons (Fsp3) is 0.545. The van der Waals surface area contributed by atoms with Crippen molar-refractivity contribution in [2.45, 2.75) is 21.4 Å². The summed E-state index contributed by atoms with van der Waals surface area (Å²) in [5.74, 6) is -0.119. The molecule has 0 saturated carbocycles. The number of hydrogen-bond acceptors (Lipinski definition) is 5. The van der Waals surface area contributed by atoms with Gasteiger partial charge in [-0.15, -0.1) is 17.6 Å². The lowest BCUT2D eigenvalue weighted by atomic mass is 10.6. The number of thioether (sulfide) groups is 2. The van der Waals surface area contributed by atoms with Gasteiger partial charge in [0.2, 0.25) is 0 Å². The average Bonchev–Trinajstić information content (AvgIpc) is 2.47. The average molecular weight is 579 g/mol. The quantitative estimate of drug-likeness (QED) is 0.0875. The summed E-state index contributed by atoms with van der Waals surface area (Å²) in [6, 6.07) is 0. The van der Waals surface area contributed by atoms with E-state index in [1.807, 2.05) is 0 Å². The third-order valence-corrected chi connectivity index (χ3v) is 6.45. The molecule has 0 aliphatic carbocycles. The minimum Gasteiger partial charge on any atom is -0.244 e. The van der Waals surface area contributed by atoms with Gasteiger partial charge in [0.1, 0.15) is 4.38 Å². The zero-order chi connectivity index (χ0) is 21.7. The largest absolute Gasteiger partial charge is 0.455 e. The molecule has 0 aliphatic heterocycles. The molecule has 0 N–H and O–H groups in total. The van der Waals surface area contributed by atoms with Crippen molar-refractivity contribution in [2.75, 3.05) is 11.5 Å². The lowest BCUT2D eigenvalue weighted by Crippen LogP contribution is -2.54. The molecule has 0 rings (SSSR count). The van der Waals surface area contributed by atoms with Crippen LogP contribution in [0, 0.1) is 0 Å². The first-order valence-electron chi connectivity index (χ1n) is 6.17.